The lowest BCUT2D eigenvalue weighted by atomic mass is 10.1. The lowest BCUT2D eigenvalue weighted by molar-refractivity contribution is -0.139. The van der Waals surface area contributed by atoms with Crippen LogP contribution in [-0.2, 0) is 26.2 Å². The molecule has 0 unspecified atom stereocenters. The van der Waals surface area contributed by atoms with Crippen molar-refractivity contribution in [3.05, 3.63) is 63.6 Å². The van der Waals surface area contributed by atoms with Crippen molar-refractivity contribution in [3.63, 3.8) is 0 Å². The zero-order valence-electron chi connectivity index (χ0n) is 19.3. The standard InChI is InChI=1S/C23H29Cl2N3O4S/c1-15(2)26-23(30)17(4)27(13-18-8-6-9-19(24)12-18)22(29)14-28(33(5,31)32)21-11-7-10-20(25)16(21)3/h6-12,15,17H,13-14H2,1-5H3,(H,26,30)/t17-/m0/s1. The van der Waals surface area contributed by atoms with E-state index in [1.807, 2.05) is 13.8 Å². The van der Waals surface area contributed by atoms with Crippen LogP contribution in [0.1, 0.15) is 31.9 Å². The van der Waals surface area contributed by atoms with Gasteiger partial charge in [-0.25, -0.2) is 8.42 Å². The molecule has 0 aliphatic heterocycles. The summed E-state index contributed by atoms with van der Waals surface area (Å²) in [6.07, 6.45) is 1.02. The third kappa shape index (κ3) is 7.35. The van der Waals surface area contributed by atoms with Crippen molar-refractivity contribution in [2.24, 2.45) is 0 Å². The summed E-state index contributed by atoms with van der Waals surface area (Å²) in [5.74, 6) is -0.878. The number of sulfonamides is 1. The highest BCUT2D eigenvalue weighted by Crippen LogP contribution is 2.28. The van der Waals surface area contributed by atoms with Gasteiger partial charge in [0.05, 0.1) is 11.9 Å². The highest BCUT2D eigenvalue weighted by molar-refractivity contribution is 7.92. The number of amides is 2. The molecule has 7 nitrogen and oxygen atoms in total. The van der Waals surface area contributed by atoms with E-state index >= 15 is 0 Å². The Balaban J connectivity index is 2.44. The van der Waals surface area contributed by atoms with Crippen LogP contribution in [0.3, 0.4) is 0 Å². The average molecular weight is 514 g/mol. The summed E-state index contributed by atoms with van der Waals surface area (Å²) in [5.41, 5.74) is 1.55. The van der Waals surface area contributed by atoms with Gasteiger partial charge in [0.2, 0.25) is 21.8 Å². The van der Waals surface area contributed by atoms with E-state index in [2.05, 4.69) is 5.32 Å². The highest BCUT2D eigenvalue weighted by atomic mass is 35.5. The largest absolute Gasteiger partial charge is 0.352 e. The predicted molar refractivity (Wildman–Crippen MR) is 133 cm³/mol. The molecule has 0 fully saturated rings. The fourth-order valence-corrected chi connectivity index (χ4v) is 4.56. The number of anilines is 1. The van der Waals surface area contributed by atoms with Crippen LogP contribution in [0.4, 0.5) is 5.69 Å². The molecule has 0 bridgehead atoms. The highest BCUT2D eigenvalue weighted by Gasteiger charge is 2.31. The van der Waals surface area contributed by atoms with Gasteiger partial charge in [0.15, 0.2) is 0 Å². The average Bonchev–Trinajstić information content (AvgIpc) is 2.70. The SMILES string of the molecule is Cc1c(Cl)cccc1N(CC(=O)N(Cc1cccc(Cl)c1)[C@@H](C)C(=O)NC(C)C)S(C)(=O)=O. The van der Waals surface area contributed by atoms with Gasteiger partial charge in [0.25, 0.3) is 0 Å². The van der Waals surface area contributed by atoms with Crippen LogP contribution >= 0.6 is 23.2 Å². The Morgan fingerprint density at radius 1 is 1.06 bits per heavy atom. The second-order valence-electron chi connectivity index (χ2n) is 8.14. The molecule has 33 heavy (non-hydrogen) atoms. The lowest BCUT2D eigenvalue weighted by Crippen LogP contribution is -2.52. The van der Waals surface area contributed by atoms with Gasteiger partial charge in [-0.2, -0.15) is 0 Å². The first-order valence-electron chi connectivity index (χ1n) is 10.4. The summed E-state index contributed by atoms with van der Waals surface area (Å²) >= 11 is 12.3. The van der Waals surface area contributed by atoms with E-state index in [9.17, 15) is 18.0 Å². The van der Waals surface area contributed by atoms with Gasteiger partial charge in [0.1, 0.15) is 12.6 Å². The summed E-state index contributed by atoms with van der Waals surface area (Å²) < 4.78 is 26.3. The molecule has 0 heterocycles. The first kappa shape index (κ1) is 27.0. The maximum absolute atomic E-state index is 13.5. The molecule has 10 heteroatoms. The molecule has 1 N–H and O–H groups in total. The zero-order valence-corrected chi connectivity index (χ0v) is 21.6. The number of hydrogen-bond acceptors (Lipinski definition) is 4. The normalized spacial score (nSPS) is 12.4. The smallest absolute Gasteiger partial charge is 0.244 e. The van der Waals surface area contributed by atoms with Crippen LogP contribution < -0.4 is 9.62 Å². The number of halogens is 2. The number of carbonyl (C=O) groups is 2. The molecule has 0 saturated carbocycles. The Morgan fingerprint density at radius 2 is 1.70 bits per heavy atom. The van der Waals surface area contributed by atoms with Crippen molar-refractivity contribution in [2.75, 3.05) is 17.1 Å². The first-order valence-corrected chi connectivity index (χ1v) is 13.0. The van der Waals surface area contributed by atoms with E-state index in [-0.39, 0.29) is 18.5 Å². The molecule has 0 aromatic heterocycles. The van der Waals surface area contributed by atoms with E-state index in [1.165, 1.54) is 4.90 Å². The van der Waals surface area contributed by atoms with Crippen LogP contribution in [0, 0.1) is 6.92 Å². The molecular weight excluding hydrogens is 485 g/mol. The van der Waals surface area contributed by atoms with Gasteiger partial charge in [-0.1, -0.05) is 41.4 Å². The van der Waals surface area contributed by atoms with Gasteiger partial charge in [-0.15, -0.1) is 0 Å². The summed E-state index contributed by atoms with van der Waals surface area (Å²) in [4.78, 5) is 27.5. The molecule has 2 aromatic carbocycles. The van der Waals surface area contributed by atoms with Crippen molar-refractivity contribution < 1.29 is 18.0 Å². The van der Waals surface area contributed by atoms with E-state index in [0.717, 1.165) is 10.6 Å². The molecule has 0 aliphatic rings. The summed E-state index contributed by atoms with van der Waals surface area (Å²) in [6, 6.07) is 10.8. The third-order valence-corrected chi connectivity index (χ3v) is 6.80. The molecular formula is C23H29Cl2N3O4S. The van der Waals surface area contributed by atoms with Crippen LogP contribution in [0.15, 0.2) is 42.5 Å². The Kier molecular flexibility index (Phi) is 9.17. The molecule has 180 valence electrons. The van der Waals surface area contributed by atoms with Crippen molar-refractivity contribution in [1.29, 1.82) is 0 Å². The zero-order chi connectivity index (χ0) is 24.9. The van der Waals surface area contributed by atoms with Crippen LogP contribution in [0.25, 0.3) is 0 Å². The van der Waals surface area contributed by atoms with Gasteiger partial charge >= 0.3 is 0 Å². The topological polar surface area (TPSA) is 86.8 Å². The van der Waals surface area contributed by atoms with Crippen LogP contribution in [0.2, 0.25) is 10.0 Å². The Labute approximate surface area is 205 Å². The summed E-state index contributed by atoms with van der Waals surface area (Å²) in [7, 11) is -3.82. The number of rotatable bonds is 9. The molecule has 2 rings (SSSR count). The molecule has 2 aromatic rings. The number of nitrogens with one attached hydrogen (secondary N) is 1. The van der Waals surface area contributed by atoms with Gasteiger partial charge in [0, 0.05) is 22.6 Å². The molecule has 0 spiro atoms. The Morgan fingerprint density at radius 3 is 2.27 bits per heavy atom. The van der Waals surface area contributed by atoms with E-state index in [0.29, 0.717) is 26.9 Å². The fourth-order valence-electron chi connectivity index (χ4n) is 3.28. The minimum atomic E-state index is -3.82. The summed E-state index contributed by atoms with van der Waals surface area (Å²) in [5, 5.41) is 3.67. The summed E-state index contributed by atoms with van der Waals surface area (Å²) in [6.45, 7) is 6.53. The number of nitrogens with zero attached hydrogens (tertiary/aromatic N) is 2. The van der Waals surface area contributed by atoms with E-state index in [4.69, 9.17) is 23.2 Å². The van der Waals surface area contributed by atoms with Crippen molar-refractivity contribution in [1.82, 2.24) is 10.2 Å². The molecule has 1 atom stereocenters. The van der Waals surface area contributed by atoms with Gasteiger partial charge in [-0.05, 0) is 63.1 Å². The second kappa shape index (κ2) is 11.2. The lowest BCUT2D eigenvalue weighted by Gasteiger charge is -2.32. The molecule has 0 radical (unpaired) electrons. The van der Waals surface area contributed by atoms with Crippen molar-refractivity contribution in [3.8, 4) is 0 Å². The molecule has 0 aliphatic carbocycles. The van der Waals surface area contributed by atoms with Crippen LogP contribution in [-0.4, -0.2) is 50.0 Å². The van der Waals surface area contributed by atoms with Crippen LogP contribution in [0.5, 0.6) is 0 Å². The number of carbonyl (C=O) groups excluding carboxylic acids is 2. The van der Waals surface area contributed by atoms with Crippen molar-refractivity contribution in [2.45, 2.75) is 46.3 Å². The van der Waals surface area contributed by atoms with E-state index in [1.54, 1.807) is 56.3 Å². The number of benzene rings is 2. The minimum Gasteiger partial charge on any atom is -0.352 e. The predicted octanol–water partition coefficient (Wildman–Crippen LogP) is 4.01. The Hall–Kier alpha value is -2.29. The van der Waals surface area contributed by atoms with Crippen molar-refractivity contribution >= 4 is 50.7 Å². The minimum absolute atomic E-state index is 0.0816. The quantitative estimate of drug-likeness (QED) is 0.548. The molecule has 2 amide bonds. The second-order valence-corrected chi connectivity index (χ2v) is 10.9. The fraction of sp³-hybridized carbons (Fsp3) is 0.391. The van der Waals surface area contributed by atoms with Gasteiger partial charge in [-0.3, -0.25) is 13.9 Å². The maximum atomic E-state index is 13.5. The monoisotopic (exact) mass is 513 g/mol. The number of hydrogen-bond donors (Lipinski definition) is 1. The van der Waals surface area contributed by atoms with Gasteiger partial charge < -0.3 is 10.2 Å². The first-order chi connectivity index (χ1) is 15.3. The maximum Gasteiger partial charge on any atom is 0.244 e. The Bertz CT molecular complexity index is 1120. The van der Waals surface area contributed by atoms with E-state index < -0.39 is 28.5 Å². The third-order valence-electron chi connectivity index (χ3n) is 5.03. The molecule has 0 saturated heterocycles.